The van der Waals surface area contributed by atoms with E-state index >= 15 is 0 Å². The van der Waals surface area contributed by atoms with Crippen molar-refractivity contribution in [2.45, 2.75) is 47.5 Å². The van der Waals surface area contributed by atoms with Crippen LogP contribution < -0.4 is 5.32 Å². The quantitative estimate of drug-likeness (QED) is 0.732. The van der Waals surface area contributed by atoms with E-state index in [1.165, 1.54) is 0 Å². The molecule has 1 heterocycles. The summed E-state index contributed by atoms with van der Waals surface area (Å²) < 4.78 is 0. The zero-order valence-electron chi connectivity index (χ0n) is 11.4. The highest BCUT2D eigenvalue weighted by molar-refractivity contribution is 5.74. The summed E-state index contributed by atoms with van der Waals surface area (Å²) >= 11 is 0. The van der Waals surface area contributed by atoms with Gasteiger partial charge in [-0.25, -0.2) is 4.79 Å². The van der Waals surface area contributed by atoms with Crippen molar-refractivity contribution in [2.24, 2.45) is 10.8 Å². The SMILES string of the molecule is CC(C)(C)CNC(=O)N1CCC(C)(C)CC1. The van der Waals surface area contributed by atoms with Crippen LogP contribution in [0.15, 0.2) is 0 Å². The van der Waals surface area contributed by atoms with Gasteiger partial charge < -0.3 is 10.2 Å². The van der Waals surface area contributed by atoms with Gasteiger partial charge >= 0.3 is 6.03 Å². The van der Waals surface area contributed by atoms with Gasteiger partial charge in [0.1, 0.15) is 0 Å². The number of amides is 2. The number of carbonyl (C=O) groups excluding carboxylic acids is 1. The second-order valence-electron chi connectivity index (χ2n) is 6.87. The molecule has 1 aliphatic rings. The molecule has 1 saturated heterocycles. The normalized spacial score (nSPS) is 20.7. The summed E-state index contributed by atoms with van der Waals surface area (Å²) in [5, 5.41) is 3.01. The fourth-order valence-electron chi connectivity index (χ4n) is 1.77. The average molecular weight is 226 g/mol. The Morgan fingerprint density at radius 2 is 1.75 bits per heavy atom. The van der Waals surface area contributed by atoms with E-state index in [1.54, 1.807) is 0 Å². The number of likely N-dealkylation sites (tertiary alicyclic amines) is 1. The lowest BCUT2D eigenvalue weighted by Gasteiger charge is -2.37. The van der Waals surface area contributed by atoms with Crippen LogP contribution in [0.4, 0.5) is 4.79 Å². The van der Waals surface area contributed by atoms with E-state index in [-0.39, 0.29) is 11.4 Å². The minimum Gasteiger partial charge on any atom is -0.337 e. The molecule has 3 nitrogen and oxygen atoms in total. The van der Waals surface area contributed by atoms with Gasteiger partial charge in [0, 0.05) is 19.6 Å². The van der Waals surface area contributed by atoms with Gasteiger partial charge in [-0.3, -0.25) is 0 Å². The lowest BCUT2D eigenvalue weighted by Crippen LogP contribution is -2.47. The standard InChI is InChI=1S/C13H26N2O/c1-12(2,3)10-14-11(16)15-8-6-13(4,5)7-9-15/h6-10H2,1-5H3,(H,14,16). The molecule has 0 atom stereocenters. The Morgan fingerprint density at radius 1 is 1.25 bits per heavy atom. The Bertz CT molecular complexity index is 243. The minimum atomic E-state index is 0.102. The van der Waals surface area contributed by atoms with E-state index in [4.69, 9.17) is 0 Å². The van der Waals surface area contributed by atoms with Gasteiger partial charge in [-0.15, -0.1) is 0 Å². The van der Waals surface area contributed by atoms with E-state index in [0.29, 0.717) is 5.41 Å². The fraction of sp³-hybridized carbons (Fsp3) is 0.923. The largest absolute Gasteiger partial charge is 0.337 e. The maximum atomic E-state index is 11.9. The van der Waals surface area contributed by atoms with Gasteiger partial charge in [-0.05, 0) is 23.7 Å². The number of carbonyl (C=O) groups is 1. The summed E-state index contributed by atoms with van der Waals surface area (Å²) in [5.41, 5.74) is 0.561. The summed E-state index contributed by atoms with van der Waals surface area (Å²) in [5.74, 6) is 0. The lowest BCUT2D eigenvalue weighted by atomic mass is 9.83. The first-order chi connectivity index (χ1) is 7.20. The Balaban J connectivity index is 2.34. The Hall–Kier alpha value is -0.730. The molecule has 1 rings (SSSR count). The van der Waals surface area contributed by atoms with Gasteiger partial charge in [0.05, 0.1) is 0 Å². The minimum absolute atomic E-state index is 0.102. The number of piperidine rings is 1. The molecule has 2 amide bonds. The van der Waals surface area contributed by atoms with Crippen LogP contribution in [0.1, 0.15) is 47.5 Å². The fourth-order valence-corrected chi connectivity index (χ4v) is 1.77. The Morgan fingerprint density at radius 3 is 2.19 bits per heavy atom. The average Bonchev–Trinajstić information content (AvgIpc) is 2.13. The van der Waals surface area contributed by atoms with E-state index in [1.807, 2.05) is 4.90 Å². The Labute approximate surface area is 99.6 Å². The maximum absolute atomic E-state index is 11.9. The third kappa shape index (κ3) is 4.42. The molecule has 0 radical (unpaired) electrons. The van der Waals surface area contributed by atoms with Gasteiger partial charge in [0.15, 0.2) is 0 Å². The van der Waals surface area contributed by atoms with Gasteiger partial charge in [-0.2, -0.15) is 0 Å². The van der Waals surface area contributed by atoms with Crippen LogP contribution in [0.5, 0.6) is 0 Å². The highest BCUT2D eigenvalue weighted by atomic mass is 16.2. The molecule has 16 heavy (non-hydrogen) atoms. The van der Waals surface area contributed by atoms with Crippen molar-refractivity contribution in [3.63, 3.8) is 0 Å². The van der Waals surface area contributed by atoms with Gasteiger partial charge in [0.25, 0.3) is 0 Å². The molecular weight excluding hydrogens is 200 g/mol. The van der Waals surface area contributed by atoms with Crippen LogP contribution in [-0.4, -0.2) is 30.6 Å². The molecule has 3 heteroatoms. The molecule has 1 aliphatic heterocycles. The van der Waals surface area contributed by atoms with Crippen LogP contribution in [0.2, 0.25) is 0 Å². The monoisotopic (exact) mass is 226 g/mol. The molecule has 0 aliphatic carbocycles. The second-order valence-corrected chi connectivity index (χ2v) is 6.87. The van der Waals surface area contributed by atoms with Crippen molar-refractivity contribution >= 4 is 6.03 Å². The summed E-state index contributed by atoms with van der Waals surface area (Å²) in [6.07, 6.45) is 2.21. The molecule has 0 aromatic carbocycles. The third-order valence-electron chi connectivity index (χ3n) is 3.17. The second kappa shape index (κ2) is 4.64. The molecule has 0 aromatic rings. The predicted octanol–water partition coefficient (Wildman–Crippen LogP) is 2.86. The predicted molar refractivity (Wildman–Crippen MR) is 67.4 cm³/mol. The molecule has 0 aromatic heterocycles. The van der Waals surface area contributed by atoms with E-state index in [0.717, 1.165) is 32.5 Å². The molecule has 0 bridgehead atoms. The highest BCUT2D eigenvalue weighted by Gasteiger charge is 2.28. The number of hydrogen-bond acceptors (Lipinski definition) is 1. The first kappa shape index (κ1) is 13.3. The van der Waals surface area contributed by atoms with Crippen molar-refractivity contribution in [1.82, 2.24) is 10.2 Å². The van der Waals surface area contributed by atoms with Crippen LogP contribution in [0, 0.1) is 10.8 Å². The van der Waals surface area contributed by atoms with E-state index < -0.39 is 0 Å². The zero-order valence-corrected chi connectivity index (χ0v) is 11.4. The highest BCUT2D eigenvalue weighted by Crippen LogP contribution is 2.29. The maximum Gasteiger partial charge on any atom is 0.317 e. The van der Waals surface area contributed by atoms with Crippen molar-refractivity contribution in [1.29, 1.82) is 0 Å². The molecule has 1 fully saturated rings. The number of nitrogens with zero attached hydrogens (tertiary/aromatic N) is 1. The number of urea groups is 1. The molecule has 0 spiro atoms. The van der Waals surface area contributed by atoms with Crippen LogP contribution in [-0.2, 0) is 0 Å². The first-order valence-electron chi connectivity index (χ1n) is 6.22. The first-order valence-corrected chi connectivity index (χ1v) is 6.22. The Kier molecular flexibility index (Phi) is 3.87. The van der Waals surface area contributed by atoms with E-state index in [9.17, 15) is 4.79 Å². The van der Waals surface area contributed by atoms with Crippen LogP contribution in [0.25, 0.3) is 0 Å². The number of hydrogen-bond donors (Lipinski definition) is 1. The van der Waals surface area contributed by atoms with Crippen molar-refractivity contribution in [3.8, 4) is 0 Å². The smallest absolute Gasteiger partial charge is 0.317 e. The summed E-state index contributed by atoms with van der Waals surface area (Å²) in [6.45, 7) is 13.5. The van der Waals surface area contributed by atoms with Crippen molar-refractivity contribution in [3.05, 3.63) is 0 Å². The zero-order chi connectivity index (χ0) is 12.4. The number of nitrogens with one attached hydrogen (secondary N) is 1. The number of rotatable bonds is 1. The van der Waals surface area contributed by atoms with Crippen LogP contribution >= 0.6 is 0 Å². The summed E-state index contributed by atoms with van der Waals surface area (Å²) in [7, 11) is 0. The molecular formula is C13H26N2O. The molecule has 1 N–H and O–H groups in total. The van der Waals surface area contributed by atoms with Crippen molar-refractivity contribution < 1.29 is 4.79 Å². The lowest BCUT2D eigenvalue weighted by molar-refractivity contribution is 0.138. The van der Waals surface area contributed by atoms with Crippen molar-refractivity contribution in [2.75, 3.05) is 19.6 Å². The van der Waals surface area contributed by atoms with E-state index in [2.05, 4.69) is 39.9 Å². The third-order valence-corrected chi connectivity index (χ3v) is 3.17. The molecule has 94 valence electrons. The van der Waals surface area contributed by atoms with Gasteiger partial charge in [-0.1, -0.05) is 34.6 Å². The topological polar surface area (TPSA) is 32.3 Å². The molecule has 0 saturated carbocycles. The summed E-state index contributed by atoms with van der Waals surface area (Å²) in [6, 6.07) is 0.102. The summed E-state index contributed by atoms with van der Waals surface area (Å²) in [4.78, 5) is 13.8. The van der Waals surface area contributed by atoms with Crippen LogP contribution in [0.3, 0.4) is 0 Å². The molecule has 0 unspecified atom stereocenters. The van der Waals surface area contributed by atoms with Gasteiger partial charge in [0.2, 0.25) is 0 Å².